The monoisotopic (exact) mass is 554 g/mol. The molecular weight excluding hydrogens is 530 g/mol. The number of ketones is 1. The van der Waals surface area contributed by atoms with Crippen LogP contribution in [0.15, 0.2) is 79.1 Å². The number of nitrogens with zero attached hydrogens (tertiary/aromatic N) is 4. The third-order valence-corrected chi connectivity index (χ3v) is 6.59. The van der Waals surface area contributed by atoms with Crippen molar-refractivity contribution in [1.82, 2.24) is 14.9 Å². The lowest BCUT2D eigenvalue weighted by Crippen LogP contribution is -2.42. The Balaban J connectivity index is 1.11. The molecule has 0 N–H and O–H groups in total. The molecule has 0 saturated carbocycles. The Bertz CT molecular complexity index is 1580. The minimum Gasteiger partial charge on any atom is -0.487 e. The summed E-state index contributed by atoms with van der Waals surface area (Å²) in [6.07, 6.45) is 3.73. The zero-order valence-corrected chi connectivity index (χ0v) is 21.8. The first-order valence-corrected chi connectivity index (χ1v) is 12.9. The van der Waals surface area contributed by atoms with Crippen molar-refractivity contribution >= 4 is 11.7 Å². The van der Waals surface area contributed by atoms with Gasteiger partial charge in [-0.1, -0.05) is 6.07 Å². The molecule has 0 spiro atoms. The summed E-state index contributed by atoms with van der Waals surface area (Å²) in [4.78, 5) is 35.8. The third-order valence-electron chi connectivity index (χ3n) is 6.59. The number of aromatic nitrogens is 2. The second-order valence-electron chi connectivity index (χ2n) is 9.46. The molecule has 8 nitrogen and oxygen atoms in total. The molecule has 0 aliphatic carbocycles. The van der Waals surface area contributed by atoms with Gasteiger partial charge in [0.1, 0.15) is 23.4 Å². The van der Waals surface area contributed by atoms with Crippen molar-refractivity contribution < 1.29 is 27.8 Å². The third kappa shape index (κ3) is 6.89. The molecule has 41 heavy (non-hydrogen) atoms. The topological polar surface area (TPSA) is 105 Å². The van der Waals surface area contributed by atoms with Crippen LogP contribution in [-0.2, 0) is 6.42 Å². The molecule has 1 saturated heterocycles. The van der Waals surface area contributed by atoms with Crippen LogP contribution >= 0.6 is 0 Å². The summed E-state index contributed by atoms with van der Waals surface area (Å²) in [5.74, 6) is -0.991. The number of ether oxygens (including phenoxy) is 2. The largest absolute Gasteiger partial charge is 0.487 e. The number of carbonyl (C=O) groups excluding carboxylic acids is 2. The Morgan fingerprint density at radius 1 is 0.951 bits per heavy atom. The average Bonchev–Trinajstić information content (AvgIpc) is 3.00. The van der Waals surface area contributed by atoms with Gasteiger partial charge in [-0.05, 0) is 54.1 Å². The molecular formula is C31H24F2N4O4. The smallest absolute Gasteiger partial charge is 0.272 e. The second-order valence-corrected chi connectivity index (χ2v) is 9.46. The number of rotatable bonds is 8. The molecule has 0 bridgehead atoms. The number of likely N-dealkylation sites (tertiary alicyclic amines) is 1. The predicted octanol–water partition coefficient (Wildman–Crippen LogP) is 5.53. The van der Waals surface area contributed by atoms with Crippen LogP contribution in [0.1, 0.15) is 44.8 Å². The first-order chi connectivity index (χ1) is 19.9. The van der Waals surface area contributed by atoms with Gasteiger partial charge in [-0.3, -0.25) is 14.6 Å². The molecule has 1 aliphatic heterocycles. The van der Waals surface area contributed by atoms with E-state index in [9.17, 15) is 18.4 Å². The quantitative estimate of drug-likeness (QED) is 0.264. The van der Waals surface area contributed by atoms with E-state index >= 15 is 0 Å². The summed E-state index contributed by atoms with van der Waals surface area (Å²) >= 11 is 0. The Kier molecular flexibility index (Phi) is 8.25. The average molecular weight is 555 g/mol. The predicted molar refractivity (Wildman–Crippen MR) is 144 cm³/mol. The molecule has 2 aromatic carbocycles. The van der Waals surface area contributed by atoms with Crippen LogP contribution < -0.4 is 9.47 Å². The minimum absolute atomic E-state index is 0.0127. The maximum Gasteiger partial charge on any atom is 0.272 e. The van der Waals surface area contributed by atoms with Gasteiger partial charge in [-0.15, -0.1) is 0 Å². The number of hydrogen-bond acceptors (Lipinski definition) is 7. The fraction of sp³-hybridized carbons (Fsp3) is 0.194. The van der Waals surface area contributed by atoms with Crippen molar-refractivity contribution in [3.8, 4) is 23.4 Å². The highest BCUT2D eigenvalue weighted by Gasteiger charge is 2.26. The van der Waals surface area contributed by atoms with Gasteiger partial charge in [-0.25, -0.2) is 13.8 Å². The van der Waals surface area contributed by atoms with E-state index in [-0.39, 0.29) is 35.7 Å². The van der Waals surface area contributed by atoms with E-state index in [2.05, 4.69) is 9.97 Å². The second kappa shape index (κ2) is 12.3. The van der Waals surface area contributed by atoms with E-state index in [1.54, 1.807) is 53.6 Å². The van der Waals surface area contributed by atoms with Gasteiger partial charge < -0.3 is 14.4 Å². The number of benzene rings is 2. The lowest BCUT2D eigenvalue weighted by molar-refractivity contribution is 0.0582. The molecule has 3 heterocycles. The number of nitriles is 1. The molecule has 206 valence electrons. The maximum absolute atomic E-state index is 13.9. The van der Waals surface area contributed by atoms with Crippen LogP contribution in [0.3, 0.4) is 0 Å². The molecule has 0 atom stereocenters. The summed E-state index contributed by atoms with van der Waals surface area (Å²) < 4.78 is 38.3. The molecule has 1 aliphatic rings. The van der Waals surface area contributed by atoms with Crippen molar-refractivity contribution in [3.63, 3.8) is 0 Å². The Morgan fingerprint density at radius 2 is 1.73 bits per heavy atom. The zero-order chi connectivity index (χ0) is 28.8. The van der Waals surface area contributed by atoms with E-state index in [0.29, 0.717) is 54.3 Å². The fourth-order valence-electron chi connectivity index (χ4n) is 4.36. The zero-order valence-electron chi connectivity index (χ0n) is 21.8. The Labute approximate surface area is 234 Å². The van der Waals surface area contributed by atoms with E-state index in [0.717, 1.165) is 12.1 Å². The van der Waals surface area contributed by atoms with E-state index in [1.807, 2.05) is 6.07 Å². The van der Waals surface area contributed by atoms with Crippen molar-refractivity contribution in [3.05, 3.63) is 113 Å². The summed E-state index contributed by atoms with van der Waals surface area (Å²) in [7, 11) is 0. The van der Waals surface area contributed by atoms with Crippen LogP contribution in [-0.4, -0.2) is 45.8 Å². The molecule has 0 unspecified atom stereocenters. The molecule has 4 aromatic rings. The molecule has 1 amide bonds. The Hall–Kier alpha value is -5.17. The van der Waals surface area contributed by atoms with E-state index in [1.165, 1.54) is 18.3 Å². The lowest BCUT2D eigenvalue weighted by Gasteiger charge is -2.32. The van der Waals surface area contributed by atoms with Gasteiger partial charge in [-0.2, -0.15) is 5.26 Å². The maximum atomic E-state index is 13.9. The van der Waals surface area contributed by atoms with E-state index in [4.69, 9.17) is 14.7 Å². The normalized spacial score (nSPS) is 13.3. The number of hydrogen-bond donors (Lipinski definition) is 0. The number of Topliss-reactive ketones (excluding diaryl/α,β-unsaturated/α-hetero) is 1. The number of halogens is 2. The summed E-state index contributed by atoms with van der Waals surface area (Å²) in [5, 5.41) is 8.88. The highest BCUT2D eigenvalue weighted by molar-refractivity contribution is 5.98. The van der Waals surface area contributed by atoms with Crippen molar-refractivity contribution in [2.75, 3.05) is 13.1 Å². The molecule has 2 aromatic heterocycles. The van der Waals surface area contributed by atoms with Crippen molar-refractivity contribution in [2.24, 2.45) is 0 Å². The molecule has 1 fully saturated rings. The standard InChI is InChI=1S/C31H24F2N4O4/c32-23-5-9-29(26(33)16-23)40-25-11-13-37(14-12-25)31(39)27-8-4-22(19-35-27)28(38)15-21-3-10-30(36-18-21)41-24-6-1-20(17-34)2-7-24/h1-10,16,18-19,25H,11-15H2. The van der Waals surface area contributed by atoms with Crippen LogP contribution in [0, 0.1) is 23.0 Å². The van der Waals surface area contributed by atoms with Gasteiger partial charge in [0.05, 0.1) is 11.6 Å². The summed E-state index contributed by atoms with van der Waals surface area (Å²) in [6.45, 7) is 0.791. The fourth-order valence-corrected chi connectivity index (χ4v) is 4.36. The van der Waals surface area contributed by atoms with Gasteiger partial charge in [0.2, 0.25) is 5.88 Å². The number of carbonyl (C=O) groups is 2. The first-order valence-electron chi connectivity index (χ1n) is 12.9. The van der Waals surface area contributed by atoms with E-state index < -0.39 is 11.6 Å². The van der Waals surface area contributed by atoms with Crippen LogP contribution in [0.4, 0.5) is 8.78 Å². The molecule has 0 radical (unpaired) electrons. The highest BCUT2D eigenvalue weighted by atomic mass is 19.1. The van der Waals surface area contributed by atoms with Crippen LogP contribution in [0.2, 0.25) is 0 Å². The number of piperidine rings is 1. The van der Waals surface area contributed by atoms with Gasteiger partial charge >= 0.3 is 0 Å². The Morgan fingerprint density at radius 3 is 2.37 bits per heavy atom. The van der Waals surface area contributed by atoms with Crippen molar-refractivity contribution in [2.45, 2.75) is 25.4 Å². The minimum atomic E-state index is -0.760. The van der Waals surface area contributed by atoms with Gasteiger partial charge in [0, 0.05) is 62.4 Å². The highest BCUT2D eigenvalue weighted by Crippen LogP contribution is 2.24. The van der Waals surface area contributed by atoms with Crippen LogP contribution in [0.25, 0.3) is 0 Å². The van der Waals surface area contributed by atoms with Crippen LogP contribution in [0.5, 0.6) is 17.4 Å². The first kappa shape index (κ1) is 27.4. The number of pyridine rings is 2. The van der Waals surface area contributed by atoms with Gasteiger partial charge in [0.25, 0.3) is 5.91 Å². The molecule has 10 heteroatoms. The summed E-state index contributed by atoms with van der Waals surface area (Å²) in [5.41, 5.74) is 1.80. The summed E-state index contributed by atoms with van der Waals surface area (Å²) in [6, 6.07) is 18.4. The lowest BCUT2D eigenvalue weighted by atomic mass is 10.0. The number of amides is 1. The SMILES string of the molecule is N#Cc1ccc(Oc2ccc(CC(=O)c3ccc(C(=O)N4CCC(Oc5ccc(F)cc5F)CC4)nc3)cn2)cc1. The molecule has 5 rings (SSSR count). The van der Waals surface area contributed by atoms with Crippen molar-refractivity contribution in [1.29, 1.82) is 5.26 Å². The van der Waals surface area contributed by atoms with Gasteiger partial charge in [0.15, 0.2) is 17.3 Å².